The van der Waals surface area contributed by atoms with Gasteiger partial charge in [-0.15, -0.1) is 0 Å². The Morgan fingerprint density at radius 2 is 2.44 bits per heavy atom. The molecule has 1 N–H and O–H groups in total. The van der Waals surface area contributed by atoms with Crippen LogP contribution in [0.25, 0.3) is 0 Å². The summed E-state index contributed by atoms with van der Waals surface area (Å²) in [6.45, 7) is 6.08. The lowest BCUT2D eigenvalue weighted by Gasteiger charge is -1.99. The van der Waals surface area contributed by atoms with Crippen LogP contribution in [0.15, 0.2) is 12.2 Å². The number of nitriles is 1. The lowest BCUT2D eigenvalue weighted by molar-refractivity contribution is 0.983. The largest absolute Gasteiger partial charge is 0.375 e. The zero-order chi connectivity index (χ0) is 7.28. The molecule has 0 aliphatic rings. The summed E-state index contributed by atoms with van der Waals surface area (Å²) < 4.78 is 0. The summed E-state index contributed by atoms with van der Waals surface area (Å²) >= 11 is 4.74. The van der Waals surface area contributed by atoms with Crippen LogP contribution < -0.4 is 5.32 Å². The van der Waals surface area contributed by atoms with E-state index in [1.807, 2.05) is 13.0 Å². The lowest BCUT2D eigenvalue weighted by Crippen LogP contribution is -2.21. The molecule has 0 rings (SSSR count). The summed E-state index contributed by atoms with van der Waals surface area (Å²) in [4.78, 5) is 0.444. The van der Waals surface area contributed by atoms with Gasteiger partial charge in [0.15, 0.2) is 0 Å². The summed E-state index contributed by atoms with van der Waals surface area (Å²) in [7, 11) is 0. The molecule has 3 heteroatoms. The molecule has 0 aromatic carbocycles. The van der Waals surface area contributed by atoms with Gasteiger partial charge in [0.1, 0.15) is 11.1 Å². The van der Waals surface area contributed by atoms with E-state index in [4.69, 9.17) is 17.5 Å². The summed E-state index contributed by atoms with van der Waals surface area (Å²) in [5.74, 6) is 0. The van der Waals surface area contributed by atoms with Crippen molar-refractivity contribution in [2.45, 2.75) is 6.92 Å². The van der Waals surface area contributed by atoms with Crippen molar-refractivity contribution in [3.63, 3.8) is 0 Å². The molecule has 0 spiro atoms. The molecule has 0 aromatic heterocycles. The van der Waals surface area contributed by atoms with Crippen molar-refractivity contribution in [1.29, 1.82) is 5.26 Å². The first-order chi connectivity index (χ1) is 4.22. The Labute approximate surface area is 60.2 Å². The van der Waals surface area contributed by atoms with Crippen LogP contribution in [0.3, 0.4) is 0 Å². The van der Waals surface area contributed by atoms with Crippen molar-refractivity contribution in [3.05, 3.63) is 12.2 Å². The molecular formula is C6H8N2S. The molecule has 0 atom stereocenters. The van der Waals surface area contributed by atoms with Gasteiger partial charge in [-0.2, -0.15) is 5.26 Å². The molecule has 0 fully saturated rings. The van der Waals surface area contributed by atoms with Gasteiger partial charge in [0.05, 0.1) is 5.57 Å². The molecule has 48 valence electrons. The molecule has 0 aliphatic carbocycles. The molecule has 0 amide bonds. The first kappa shape index (κ1) is 8.12. The molecule has 0 bridgehead atoms. The normalized spacial score (nSPS) is 7.56. The van der Waals surface area contributed by atoms with E-state index in [-0.39, 0.29) is 0 Å². The molecular weight excluding hydrogens is 132 g/mol. The molecule has 2 nitrogen and oxygen atoms in total. The molecule has 0 aromatic rings. The molecule has 0 saturated carbocycles. The van der Waals surface area contributed by atoms with Crippen LogP contribution in [-0.2, 0) is 0 Å². The molecule has 0 unspecified atom stereocenters. The van der Waals surface area contributed by atoms with E-state index in [0.29, 0.717) is 10.6 Å². The third kappa shape index (κ3) is 2.83. The Morgan fingerprint density at radius 3 is 2.78 bits per heavy atom. The van der Waals surface area contributed by atoms with Gasteiger partial charge in [-0.3, -0.25) is 0 Å². The van der Waals surface area contributed by atoms with Gasteiger partial charge in [0.2, 0.25) is 0 Å². The topological polar surface area (TPSA) is 35.8 Å². The van der Waals surface area contributed by atoms with Crippen molar-refractivity contribution < 1.29 is 0 Å². The second-order valence-electron chi connectivity index (χ2n) is 1.45. The molecule has 0 heterocycles. The average molecular weight is 140 g/mol. The standard InChI is InChI=1S/C6H8N2S/c1-3-8-6(9)5(2)4-7/h2-3H2,1H3,(H,8,9). The Kier molecular flexibility index (Phi) is 3.65. The molecule has 0 aliphatic heterocycles. The lowest BCUT2D eigenvalue weighted by atomic mass is 10.3. The third-order valence-corrected chi connectivity index (χ3v) is 1.14. The van der Waals surface area contributed by atoms with Crippen molar-refractivity contribution in [2.24, 2.45) is 0 Å². The van der Waals surface area contributed by atoms with Gasteiger partial charge in [0.25, 0.3) is 0 Å². The van der Waals surface area contributed by atoms with Gasteiger partial charge >= 0.3 is 0 Å². The fourth-order valence-electron chi connectivity index (χ4n) is 0.318. The summed E-state index contributed by atoms with van der Waals surface area (Å²) in [6.07, 6.45) is 0. The van der Waals surface area contributed by atoms with E-state index in [1.54, 1.807) is 0 Å². The highest BCUT2D eigenvalue weighted by atomic mass is 32.1. The minimum Gasteiger partial charge on any atom is -0.375 e. The van der Waals surface area contributed by atoms with Crippen LogP contribution in [0.1, 0.15) is 6.92 Å². The van der Waals surface area contributed by atoms with Gasteiger partial charge in [-0.25, -0.2) is 0 Å². The maximum absolute atomic E-state index is 8.25. The maximum atomic E-state index is 8.25. The molecule has 9 heavy (non-hydrogen) atoms. The van der Waals surface area contributed by atoms with E-state index in [1.165, 1.54) is 0 Å². The van der Waals surface area contributed by atoms with Crippen LogP contribution in [0, 0.1) is 11.3 Å². The highest BCUT2D eigenvalue weighted by Crippen LogP contribution is 1.87. The molecule has 0 radical (unpaired) electrons. The van der Waals surface area contributed by atoms with Crippen LogP contribution in [-0.4, -0.2) is 11.5 Å². The predicted octanol–water partition coefficient (Wildman–Crippen LogP) is 1.00. The van der Waals surface area contributed by atoms with Crippen LogP contribution in [0.5, 0.6) is 0 Å². The minimum absolute atomic E-state index is 0.326. The van der Waals surface area contributed by atoms with Crippen LogP contribution in [0.2, 0.25) is 0 Å². The highest BCUT2D eigenvalue weighted by Gasteiger charge is 1.95. The number of nitrogens with zero attached hydrogens (tertiary/aromatic N) is 1. The monoisotopic (exact) mass is 140 g/mol. The van der Waals surface area contributed by atoms with Crippen LogP contribution in [0.4, 0.5) is 0 Å². The van der Waals surface area contributed by atoms with Gasteiger partial charge in [-0.05, 0) is 6.92 Å². The summed E-state index contributed by atoms with van der Waals surface area (Å²) in [5.41, 5.74) is 0.326. The fraction of sp³-hybridized carbons (Fsp3) is 0.333. The van der Waals surface area contributed by atoms with Gasteiger partial charge in [-0.1, -0.05) is 18.8 Å². The van der Waals surface area contributed by atoms with E-state index < -0.39 is 0 Å². The second kappa shape index (κ2) is 4.04. The maximum Gasteiger partial charge on any atom is 0.116 e. The summed E-state index contributed by atoms with van der Waals surface area (Å²) in [6, 6.07) is 1.85. The van der Waals surface area contributed by atoms with Crippen molar-refractivity contribution in [3.8, 4) is 6.07 Å². The second-order valence-corrected chi connectivity index (χ2v) is 1.86. The predicted molar refractivity (Wildman–Crippen MR) is 41.0 cm³/mol. The summed E-state index contributed by atoms with van der Waals surface area (Å²) in [5, 5.41) is 11.1. The van der Waals surface area contributed by atoms with E-state index in [0.717, 1.165) is 6.54 Å². The number of thiocarbonyl (C=S) groups is 1. The number of hydrogen-bond donors (Lipinski definition) is 1. The SMILES string of the molecule is C=C(C#N)C(=S)NCC. The van der Waals surface area contributed by atoms with Crippen LogP contribution >= 0.6 is 12.2 Å². The first-order valence-corrected chi connectivity index (χ1v) is 3.00. The smallest absolute Gasteiger partial charge is 0.116 e. The average Bonchev–Trinajstić information content (AvgIpc) is 1.87. The number of likely N-dealkylation sites (N-methyl/N-ethyl adjacent to an activating group) is 1. The Balaban J connectivity index is 3.78. The zero-order valence-corrected chi connectivity index (χ0v) is 6.09. The van der Waals surface area contributed by atoms with Crippen molar-refractivity contribution in [2.75, 3.05) is 6.54 Å². The van der Waals surface area contributed by atoms with Gasteiger partial charge < -0.3 is 5.32 Å². The van der Waals surface area contributed by atoms with E-state index >= 15 is 0 Å². The third-order valence-electron chi connectivity index (χ3n) is 0.746. The van der Waals surface area contributed by atoms with Crippen molar-refractivity contribution >= 4 is 17.2 Å². The Hall–Kier alpha value is -0.880. The Morgan fingerprint density at radius 1 is 1.89 bits per heavy atom. The zero-order valence-electron chi connectivity index (χ0n) is 5.27. The quantitative estimate of drug-likeness (QED) is 0.353. The first-order valence-electron chi connectivity index (χ1n) is 2.59. The van der Waals surface area contributed by atoms with Gasteiger partial charge in [0, 0.05) is 6.54 Å². The van der Waals surface area contributed by atoms with E-state index in [9.17, 15) is 0 Å². The number of hydrogen-bond acceptors (Lipinski definition) is 2. The van der Waals surface area contributed by atoms with E-state index in [2.05, 4.69) is 11.9 Å². The number of rotatable bonds is 2. The Bertz CT molecular complexity index is 166. The minimum atomic E-state index is 0.326. The fourth-order valence-corrected chi connectivity index (χ4v) is 0.508. The highest BCUT2D eigenvalue weighted by molar-refractivity contribution is 7.80. The van der Waals surface area contributed by atoms with Crippen molar-refractivity contribution in [1.82, 2.24) is 5.32 Å². The number of nitrogens with one attached hydrogen (secondary N) is 1. The molecule has 0 saturated heterocycles.